The molecule has 1 unspecified atom stereocenters. The van der Waals surface area contributed by atoms with Gasteiger partial charge in [0.2, 0.25) is 5.91 Å². The molecule has 138 valence electrons. The molecule has 2 rings (SSSR count). The minimum atomic E-state index is 0.234. The highest BCUT2D eigenvalue weighted by Crippen LogP contribution is 2.17. The average Bonchev–Trinajstić information content (AvgIpc) is 2.62. The first-order valence-electron chi connectivity index (χ1n) is 9.44. The Morgan fingerprint density at radius 3 is 2.76 bits per heavy atom. The third-order valence-corrected chi connectivity index (χ3v) is 4.67. The minimum absolute atomic E-state index is 0.234. The summed E-state index contributed by atoms with van der Waals surface area (Å²) in [6, 6.07) is 10.7. The third-order valence-electron chi connectivity index (χ3n) is 4.67. The van der Waals surface area contributed by atoms with E-state index in [9.17, 15) is 4.79 Å². The molecule has 0 aromatic heterocycles. The molecule has 1 aliphatic heterocycles. The minimum Gasteiger partial charge on any atom is -0.357 e. The molecule has 25 heavy (non-hydrogen) atoms. The fraction of sp³-hybridized carbons (Fsp3) is 0.600. The van der Waals surface area contributed by atoms with E-state index in [2.05, 4.69) is 41.2 Å². The number of rotatable bonds is 6. The van der Waals surface area contributed by atoms with Crippen molar-refractivity contribution >= 4 is 11.9 Å². The third kappa shape index (κ3) is 6.07. The molecule has 1 aromatic rings. The number of likely N-dealkylation sites (tertiary alicyclic amines) is 1. The summed E-state index contributed by atoms with van der Waals surface area (Å²) in [5, 5.41) is 3.32. The number of piperidine rings is 1. The second-order valence-electron chi connectivity index (χ2n) is 6.76. The summed E-state index contributed by atoms with van der Waals surface area (Å²) in [4.78, 5) is 21.2. The highest BCUT2D eigenvalue weighted by atomic mass is 16.2. The number of hydrogen-bond donors (Lipinski definition) is 1. The number of guanidine groups is 1. The molecule has 0 spiro atoms. The van der Waals surface area contributed by atoms with Crippen molar-refractivity contribution in [1.82, 2.24) is 15.1 Å². The lowest BCUT2D eigenvalue weighted by Gasteiger charge is -2.33. The second-order valence-corrected chi connectivity index (χ2v) is 6.76. The standard InChI is InChI=1S/C20H32N4O/c1-4-21-20(23(3)16-18-11-6-5-7-12-18)22-14-13-19(25)24-15-9-8-10-17(24)2/h5-7,11-12,17H,4,8-10,13-16H2,1-3H3,(H,21,22). The zero-order valence-corrected chi connectivity index (χ0v) is 15.9. The average molecular weight is 345 g/mol. The van der Waals surface area contributed by atoms with E-state index < -0.39 is 0 Å². The topological polar surface area (TPSA) is 47.9 Å². The first-order valence-corrected chi connectivity index (χ1v) is 9.44. The Labute approximate surface area is 152 Å². The van der Waals surface area contributed by atoms with E-state index in [-0.39, 0.29) is 5.91 Å². The van der Waals surface area contributed by atoms with Crippen LogP contribution in [0, 0.1) is 0 Å². The van der Waals surface area contributed by atoms with Crippen molar-refractivity contribution in [2.24, 2.45) is 4.99 Å². The number of hydrogen-bond acceptors (Lipinski definition) is 2. The van der Waals surface area contributed by atoms with Crippen LogP contribution >= 0.6 is 0 Å². The lowest BCUT2D eigenvalue weighted by molar-refractivity contribution is -0.134. The maximum atomic E-state index is 12.4. The Morgan fingerprint density at radius 1 is 1.32 bits per heavy atom. The molecule has 0 radical (unpaired) electrons. The summed E-state index contributed by atoms with van der Waals surface area (Å²) < 4.78 is 0. The summed E-state index contributed by atoms with van der Waals surface area (Å²) in [6.07, 6.45) is 3.97. The van der Waals surface area contributed by atoms with Crippen molar-refractivity contribution in [3.63, 3.8) is 0 Å². The normalized spacial score (nSPS) is 18.1. The Hall–Kier alpha value is -2.04. The Kier molecular flexibility index (Phi) is 7.76. The SMILES string of the molecule is CCNC(=NCCC(=O)N1CCCCC1C)N(C)Cc1ccccc1. The van der Waals surface area contributed by atoms with Gasteiger partial charge in [-0.25, -0.2) is 0 Å². The van der Waals surface area contributed by atoms with Crippen LogP contribution in [0.1, 0.15) is 45.1 Å². The molecule has 1 saturated heterocycles. The molecule has 5 heteroatoms. The summed E-state index contributed by atoms with van der Waals surface area (Å²) in [5.74, 6) is 1.09. The fourth-order valence-corrected chi connectivity index (χ4v) is 3.27. The molecule has 1 amide bonds. The Bertz CT molecular complexity index is 558. The number of aliphatic imine (C=N–C) groups is 1. The number of carbonyl (C=O) groups is 1. The highest BCUT2D eigenvalue weighted by molar-refractivity contribution is 5.81. The molecule has 1 aliphatic rings. The van der Waals surface area contributed by atoms with Crippen molar-refractivity contribution in [1.29, 1.82) is 0 Å². The number of carbonyl (C=O) groups excluding carboxylic acids is 1. The molecule has 0 aliphatic carbocycles. The van der Waals surface area contributed by atoms with Crippen molar-refractivity contribution in [2.75, 3.05) is 26.7 Å². The van der Waals surface area contributed by atoms with Crippen LogP contribution in [0.4, 0.5) is 0 Å². The van der Waals surface area contributed by atoms with Crippen LogP contribution in [-0.4, -0.2) is 54.4 Å². The van der Waals surface area contributed by atoms with Gasteiger partial charge in [0.1, 0.15) is 0 Å². The first kappa shape index (κ1) is 19.3. The van der Waals surface area contributed by atoms with Gasteiger partial charge in [-0.15, -0.1) is 0 Å². The van der Waals surface area contributed by atoms with E-state index in [0.29, 0.717) is 19.0 Å². The van der Waals surface area contributed by atoms with Crippen molar-refractivity contribution < 1.29 is 4.79 Å². The van der Waals surface area contributed by atoms with E-state index in [1.54, 1.807) is 0 Å². The molecular formula is C20H32N4O. The monoisotopic (exact) mass is 344 g/mol. The molecule has 1 heterocycles. The fourth-order valence-electron chi connectivity index (χ4n) is 3.27. The predicted molar refractivity (Wildman–Crippen MR) is 104 cm³/mol. The van der Waals surface area contributed by atoms with Gasteiger partial charge in [0.25, 0.3) is 0 Å². The van der Waals surface area contributed by atoms with Crippen LogP contribution in [0.2, 0.25) is 0 Å². The van der Waals surface area contributed by atoms with E-state index >= 15 is 0 Å². The lowest BCUT2D eigenvalue weighted by Crippen LogP contribution is -2.42. The number of amides is 1. The number of nitrogens with one attached hydrogen (secondary N) is 1. The largest absolute Gasteiger partial charge is 0.357 e. The molecule has 1 N–H and O–H groups in total. The van der Waals surface area contributed by atoms with Gasteiger partial charge >= 0.3 is 0 Å². The van der Waals surface area contributed by atoms with Crippen LogP contribution in [0.15, 0.2) is 35.3 Å². The van der Waals surface area contributed by atoms with Crippen molar-refractivity contribution in [3.05, 3.63) is 35.9 Å². The molecule has 1 aromatic carbocycles. The summed E-state index contributed by atoms with van der Waals surface area (Å²) >= 11 is 0. The van der Waals surface area contributed by atoms with Gasteiger partial charge in [0.05, 0.1) is 6.54 Å². The van der Waals surface area contributed by atoms with Gasteiger partial charge in [0.15, 0.2) is 5.96 Å². The maximum absolute atomic E-state index is 12.4. The highest BCUT2D eigenvalue weighted by Gasteiger charge is 2.22. The van der Waals surface area contributed by atoms with Crippen molar-refractivity contribution in [2.45, 2.75) is 52.1 Å². The Balaban J connectivity index is 1.88. The summed E-state index contributed by atoms with van der Waals surface area (Å²) in [7, 11) is 2.03. The zero-order chi connectivity index (χ0) is 18.1. The van der Waals surface area contributed by atoms with E-state index in [4.69, 9.17) is 0 Å². The van der Waals surface area contributed by atoms with E-state index in [1.807, 2.05) is 30.1 Å². The quantitative estimate of drug-likeness (QED) is 0.638. The molecule has 1 fully saturated rings. The van der Waals surface area contributed by atoms with Crippen LogP contribution in [-0.2, 0) is 11.3 Å². The van der Waals surface area contributed by atoms with Crippen LogP contribution < -0.4 is 5.32 Å². The van der Waals surface area contributed by atoms with Crippen LogP contribution in [0.25, 0.3) is 0 Å². The lowest BCUT2D eigenvalue weighted by atomic mass is 10.0. The van der Waals surface area contributed by atoms with Gasteiger partial charge in [-0.3, -0.25) is 9.79 Å². The van der Waals surface area contributed by atoms with Gasteiger partial charge in [-0.1, -0.05) is 30.3 Å². The van der Waals surface area contributed by atoms with Gasteiger partial charge in [-0.05, 0) is 38.7 Å². The maximum Gasteiger partial charge on any atom is 0.224 e. The first-order chi connectivity index (χ1) is 12.1. The molecule has 0 saturated carbocycles. The molecule has 0 bridgehead atoms. The summed E-state index contributed by atoms with van der Waals surface area (Å²) in [5.41, 5.74) is 1.24. The number of benzene rings is 1. The second kappa shape index (κ2) is 10.1. The van der Waals surface area contributed by atoms with Gasteiger partial charge in [-0.2, -0.15) is 0 Å². The van der Waals surface area contributed by atoms with Crippen LogP contribution in [0.5, 0.6) is 0 Å². The molecule has 1 atom stereocenters. The molecular weight excluding hydrogens is 312 g/mol. The summed E-state index contributed by atoms with van der Waals surface area (Å²) in [6.45, 7) is 7.25. The van der Waals surface area contributed by atoms with Gasteiger partial charge < -0.3 is 15.1 Å². The predicted octanol–water partition coefficient (Wildman–Crippen LogP) is 2.88. The Morgan fingerprint density at radius 2 is 2.08 bits per heavy atom. The van der Waals surface area contributed by atoms with E-state index in [1.165, 1.54) is 12.0 Å². The number of nitrogens with zero attached hydrogens (tertiary/aromatic N) is 3. The smallest absolute Gasteiger partial charge is 0.224 e. The molecule has 5 nitrogen and oxygen atoms in total. The zero-order valence-electron chi connectivity index (χ0n) is 15.9. The van der Waals surface area contributed by atoms with E-state index in [0.717, 1.165) is 38.4 Å². The van der Waals surface area contributed by atoms with Crippen molar-refractivity contribution in [3.8, 4) is 0 Å². The van der Waals surface area contributed by atoms with Crippen LogP contribution in [0.3, 0.4) is 0 Å². The van der Waals surface area contributed by atoms with Gasteiger partial charge in [0, 0.05) is 39.1 Å².